The normalized spacial score (nSPS) is 11.8. The van der Waals surface area contributed by atoms with Crippen molar-refractivity contribution in [3.63, 3.8) is 0 Å². The maximum absolute atomic E-state index is 12.7. The van der Waals surface area contributed by atoms with E-state index in [2.05, 4.69) is 9.71 Å². The topological polar surface area (TPSA) is 72.2 Å². The molecule has 3 rings (SSSR count). The number of nitrogens with zero attached hydrogens (tertiary/aromatic N) is 1. The largest absolute Gasteiger partial charge is 0.441 e. The molecule has 1 N–H and O–H groups in total. The van der Waals surface area contributed by atoms with Crippen LogP contribution in [0.25, 0.3) is 11.1 Å². The molecule has 6 heteroatoms. The summed E-state index contributed by atoms with van der Waals surface area (Å²) in [5.74, 6) is 0.507. The van der Waals surface area contributed by atoms with Crippen molar-refractivity contribution >= 4 is 26.8 Å². The van der Waals surface area contributed by atoms with Crippen LogP contribution in [0.2, 0.25) is 0 Å². The van der Waals surface area contributed by atoms with Crippen molar-refractivity contribution in [1.82, 2.24) is 4.98 Å². The zero-order chi connectivity index (χ0) is 16.8. The molecule has 0 aliphatic rings. The van der Waals surface area contributed by atoms with Gasteiger partial charge in [-0.25, -0.2) is 13.4 Å². The third kappa shape index (κ3) is 2.94. The highest BCUT2D eigenvalue weighted by Gasteiger charge is 2.18. The molecule has 0 bridgehead atoms. The van der Waals surface area contributed by atoms with Crippen LogP contribution in [-0.4, -0.2) is 13.4 Å². The lowest BCUT2D eigenvalue weighted by Gasteiger charge is -2.14. The minimum Gasteiger partial charge on any atom is -0.441 e. The van der Waals surface area contributed by atoms with E-state index in [9.17, 15) is 8.42 Å². The highest BCUT2D eigenvalue weighted by molar-refractivity contribution is 7.92. The zero-order valence-corrected chi connectivity index (χ0v) is 14.3. The molecule has 5 nitrogen and oxygen atoms in total. The van der Waals surface area contributed by atoms with Crippen molar-refractivity contribution in [3.05, 3.63) is 52.9 Å². The summed E-state index contributed by atoms with van der Waals surface area (Å²) in [6.07, 6.45) is 0. The first-order valence-electron chi connectivity index (χ1n) is 7.24. The van der Waals surface area contributed by atoms with E-state index in [1.54, 1.807) is 13.0 Å². The van der Waals surface area contributed by atoms with Crippen LogP contribution in [0, 0.1) is 27.7 Å². The first-order chi connectivity index (χ1) is 10.8. The van der Waals surface area contributed by atoms with Crippen molar-refractivity contribution in [2.24, 2.45) is 0 Å². The second kappa shape index (κ2) is 5.38. The summed E-state index contributed by atoms with van der Waals surface area (Å²) in [4.78, 5) is 4.33. The van der Waals surface area contributed by atoms with E-state index in [1.165, 1.54) is 12.1 Å². The number of sulfonamides is 1. The Hall–Kier alpha value is -2.34. The Morgan fingerprint density at radius 3 is 2.30 bits per heavy atom. The molecule has 0 aliphatic heterocycles. The third-order valence-corrected chi connectivity index (χ3v) is 5.04. The van der Waals surface area contributed by atoms with E-state index in [1.807, 2.05) is 32.9 Å². The smallest absolute Gasteiger partial charge is 0.262 e. The van der Waals surface area contributed by atoms with Crippen LogP contribution >= 0.6 is 0 Å². The van der Waals surface area contributed by atoms with Gasteiger partial charge in [0.1, 0.15) is 5.52 Å². The quantitative estimate of drug-likeness (QED) is 0.791. The predicted molar refractivity (Wildman–Crippen MR) is 90.2 cm³/mol. The van der Waals surface area contributed by atoms with E-state index in [-0.39, 0.29) is 4.90 Å². The average molecular weight is 330 g/mol. The summed E-state index contributed by atoms with van der Waals surface area (Å²) in [5, 5.41) is 0. The van der Waals surface area contributed by atoms with Crippen LogP contribution in [0.1, 0.15) is 22.6 Å². The summed E-state index contributed by atoms with van der Waals surface area (Å²) in [7, 11) is -3.69. The van der Waals surface area contributed by atoms with E-state index in [0.717, 1.165) is 16.7 Å². The number of benzene rings is 2. The number of anilines is 1. The van der Waals surface area contributed by atoms with Crippen LogP contribution in [0.5, 0.6) is 0 Å². The highest BCUT2D eigenvalue weighted by atomic mass is 32.2. The van der Waals surface area contributed by atoms with Gasteiger partial charge >= 0.3 is 0 Å². The summed E-state index contributed by atoms with van der Waals surface area (Å²) in [6, 6.07) is 8.58. The van der Waals surface area contributed by atoms with Crippen LogP contribution in [0.15, 0.2) is 39.6 Å². The predicted octanol–water partition coefficient (Wildman–Crippen LogP) is 3.86. The van der Waals surface area contributed by atoms with Gasteiger partial charge in [0, 0.05) is 13.0 Å². The summed E-state index contributed by atoms with van der Waals surface area (Å²) in [5.41, 5.74) is 4.60. The SMILES string of the molecule is Cc1cc(C)c(NS(=O)(=O)c2ccc3nc(C)oc3c2)c(C)c1. The van der Waals surface area contributed by atoms with Crippen molar-refractivity contribution in [2.75, 3.05) is 4.72 Å². The van der Waals surface area contributed by atoms with Crippen LogP contribution in [0.3, 0.4) is 0 Å². The second-order valence-corrected chi connectivity index (χ2v) is 7.42. The summed E-state index contributed by atoms with van der Waals surface area (Å²) in [6.45, 7) is 7.49. The van der Waals surface area contributed by atoms with Gasteiger partial charge in [-0.2, -0.15) is 0 Å². The standard InChI is InChI=1S/C17H18N2O3S/c1-10-7-11(2)17(12(3)8-10)19-23(20,21)14-5-6-15-16(9-14)22-13(4)18-15/h5-9,19H,1-4H3. The molecule has 1 heterocycles. The Balaban J connectivity index is 2.03. The van der Waals surface area contributed by atoms with Crippen LogP contribution in [0.4, 0.5) is 5.69 Å². The number of nitrogens with one attached hydrogen (secondary N) is 1. The Labute approximate surface area is 135 Å². The zero-order valence-electron chi connectivity index (χ0n) is 13.5. The summed E-state index contributed by atoms with van der Waals surface area (Å²) < 4.78 is 33.4. The fourth-order valence-corrected chi connectivity index (χ4v) is 3.94. The fraction of sp³-hybridized carbons (Fsp3) is 0.235. The molecule has 0 amide bonds. The molecule has 0 unspecified atom stereocenters. The van der Waals surface area contributed by atoms with Gasteiger partial charge < -0.3 is 4.42 Å². The van der Waals surface area contributed by atoms with Crippen LogP contribution in [-0.2, 0) is 10.0 Å². The molecule has 0 atom stereocenters. The number of fused-ring (bicyclic) bond motifs is 1. The van der Waals surface area contributed by atoms with Gasteiger partial charge in [-0.3, -0.25) is 4.72 Å². The van der Waals surface area contributed by atoms with E-state index < -0.39 is 10.0 Å². The van der Waals surface area contributed by atoms with Crippen molar-refractivity contribution in [3.8, 4) is 0 Å². The molecule has 0 spiro atoms. The highest BCUT2D eigenvalue weighted by Crippen LogP contribution is 2.26. The molecule has 0 saturated carbocycles. The molecule has 0 fully saturated rings. The number of aryl methyl sites for hydroxylation is 4. The average Bonchev–Trinajstić information content (AvgIpc) is 2.82. The number of aromatic nitrogens is 1. The van der Waals surface area contributed by atoms with Gasteiger partial charge in [0.2, 0.25) is 0 Å². The van der Waals surface area contributed by atoms with Gasteiger partial charge in [-0.15, -0.1) is 0 Å². The van der Waals surface area contributed by atoms with E-state index in [4.69, 9.17) is 4.42 Å². The first kappa shape index (κ1) is 15.6. The van der Waals surface area contributed by atoms with E-state index >= 15 is 0 Å². The number of rotatable bonds is 3. The molecule has 23 heavy (non-hydrogen) atoms. The van der Waals surface area contributed by atoms with Crippen LogP contribution < -0.4 is 4.72 Å². The number of hydrogen-bond acceptors (Lipinski definition) is 4. The molecule has 0 radical (unpaired) electrons. The van der Waals surface area contributed by atoms with Crippen molar-refractivity contribution < 1.29 is 12.8 Å². The molecule has 2 aromatic carbocycles. The maximum Gasteiger partial charge on any atom is 0.262 e. The van der Waals surface area contributed by atoms with Crippen molar-refractivity contribution in [2.45, 2.75) is 32.6 Å². The molecule has 3 aromatic rings. The first-order valence-corrected chi connectivity index (χ1v) is 8.72. The Kier molecular flexibility index (Phi) is 3.64. The van der Waals surface area contributed by atoms with Gasteiger partial charge in [0.25, 0.3) is 10.0 Å². The molecule has 0 aliphatic carbocycles. The second-order valence-electron chi connectivity index (χ2n) is 5.74. The van der Waals surface area contributed by atoms with Crippen molar-refractivity contribution in [1.29, 1.82) is 0 Å². The van der Waals surface area contributed by atoms with Gasteiger partial charge in [-0.1, -0.05) is 17.7 Å². The Morgan fingerprint density at radius 1 is 1.00 bits per heavy atom. The lowest BCUT2D eigenvalue weighted by molar-refractivity contribution is 0.559. The van der Waals surface area contributed by atoms with E-state index in [0.29, 0.717) is 22.7 Å². The molecular weight excluding hydrogens is 312 g/mol. The molecule has 1 aromatic heterocycles. The lowest BCUT2D eigenvalue weighted by atomic mass is 10.1. The minimum absolute atomic E-state index is 0.153. The lowest BCUT2D eigenvalue weighted by Crippen LogP contribution is -2.14. The Bertz CT molecular complexity index is 981. The van der Waals surface area contributed by atoms with Gasteiger partial charge in [-0.05, 0) is 44.0 Å². The monoisotopic (exact) mass is 330 g/mol. The number of hydrogen-bond donors (Lipinski definition) is 1. The Morgan fingerprint density at radius 2 is 1.65 bits per heavy atom. The van der Waals surface area contributed by atoms with Gasteiger partial charge in [0.15, 0.2) is 11.5 Å². The number of oxazole rings is 1. The molecule has 0 saturated heterocycles. The molecule has 120 valence electrons. The maximum atomic E-state index is 12.7. The third-order valence-electron chi connectivity index (χ3n) is 3.69. The fourth-order valence-electron chi connectivity index (χ4n) is 2.72. The van der Waals surface area contributed by atoms with Gasteiger partial charge in [0.05, 0.1) is 10.6 Å². The summed E-state index contributed by atoms with van der Waals surface area (Å²) >= 11 is 0. The molecular formula is C17H18N2O3S. The minimum atomic E-state index is -3.69.